The van der Waals surface area contributed by atoms with Crippen molar-refractivity contribution >= 4 is 31.7 Å². The Kier molecular flexibility index (Phi) is 2.84. The second-order valence-electron chi connectivity index (χ2n) is 3.97. The van der Waals surface area contributed by atoms with Crippen LogP contribution in [0.2, 0.25) is 0 Å². The molecule has 1 aromatic carbocycles. The number of fused-ring (bicyclic) bond motifs is 1. The molecule has 1 N–H and O–H groups in total. The van der Waals surface area contributed by atoms with Gasteiger partial charge in [-0.25, -0.2) is 8.42 Å². The van der Waals surface area contributed by atoms with Gasteiger partial charge < -0.3 is 0 Å². The number of sulfonamides is 1. The van der Waals surface area contributed by atoms with Crippen molar-refractivity contribution in [2.45, 2.75) is 13.3 Å². The van der Waals surface area contributed by atoms with Gasteiger partial charge in [-0.15, -0.1) is 0 Å². The molecule has 0 radical (unpaired) electrons. The molecular formula is C11H12BrNO2S. The highest BCUT2D eigenvalue weighted by Gasteiger charge is 2.22. The van der Waals surface area contributed by atoms with Crippen LogP contribution in [0.25, 0.3) is 5.70 Å². The summed E-state index contributed by atoms with van der Waals surface area (Å²) in [5.74, 6) is 0. The van der Waals surface area contributed by atoms with Crippen LogP contribution in [0.5, 0.6) is 0 Å². The van der Waals surface area contributed by atoms with E-state index in [-0.39, 0.29) is 0 Å². The largest absolute Gasteiger partial charge is 0.283 e. The van der Waals surface area contributed by atoms with Crippen LogP contribution in [0.4, 0.5) is 0 Å². The van der Waals surface area contributed by atoms with E-state index in [0.29, 0.717) is 0 Å². The highest BCUT2D eigenvalue weighted by atomic mass is 79.9. The van der Waals surface area contributed by atoms with E-state index in [2.05, 4.69) is 20.7 Å². The summed E-state index contributed by atoms with van der Waals surface area (Å²) < 4.78 is 26.1. The number of rotatable bonds is 2. The lowest BCUT2D eigenvalue weighted by Crippen LogP contribution is -2.20. The monoisotopic (exact) mass is 301 g/mol. The molecule has 86 valence electrons. The molecule has 0 bridgehead atoms. The van der Waals surface area contributed by atoms with Crippen LogP contribution >= 0.6 is 15.9 Å². The van der Waals surface area contributed by atoms with Gasteiger partial charge in [0, 0.05) is 10.0 Å². The number of hydrogen-bond donors (Lipinski definition) is 1. The van der Waals surface area contributed by atoms with E-state index in [4.69, 9.17) is 0 Å². The first kappa shape index (κ1) is 11.7. The fourth-order valence-electron chi connectivity index (χ4n) is 1.88. The van der Waals surface area contributed by atoms with E-state index in [1.165, 1.54) is 6.26 Å². The van der Waals surface area contributed by atoms with Gasteiger partial charge in [-0.2, -0.15) is 0 Å². The van der Waals surface area contributed by atoms with Crippen molar-refractivity contribution in [3.8, 4) is 0 Å². The minimum Gasteiger partial charge on any atom is -0.283 e. The molecule has 0 heterocycles. The van der Waals surface area contributed by atoms with E-state index in [0.717, 1.165) is 33.3 Å². The van der Waals surface area contributed by atoms with Crippen LogP contribution in [0.3, 0.4) is 0 Å². The van der Waals surface area contributed by atoms with E-state index in [1.54, 1.807) is 0 Å². The summed E-state index contributed by atoms with van der Waals surface area (Å²) in [6.07, 6.45) is 1.96. The number of nitrogens with one attached hydrogen (secondary N) is 1. The molecular weight excluding hydrogens is 290 g/mol. The van der Waals surface area contributed by atoms with E-state index in [9.17, 15) is 8.42 Å². The highest BCUT2D eigenvalue weighted by molar-refractivity contribution is 9.10. The molecule has 5 heteroatoms. The average molecular weight is 302 g/mol. The Labute approximate surface area is 104 Å². The van der Waals surface area contributed by atoms with Gasteiger partial charge in [0.1, 0.15) is 0 Å². The third-order valence-electron chi connectivity index (χ3n) is 2.54. The summed E-state index contributed by atoms with van der Waals surface area (Å²) in [7, 11) is -3.22. The molecule has 0 saturated heterocycles. The molecule has 2 rings (SSSR count). The van der Waals surface area contributed by atoms with Crippen molar-refractivity contribution in [1.29, 1.82) is 0 Å². The molecule has 0 aliphatic heterocycles. The average Bonchev–Trinajstić information content (AvgIpc) is 2.44. The second-order valence-corrected chi connectivity index (χ2v) is 6.58. The van der Waals surface area contributed by atoms with Gasteiger partial charge in [-0.05, 0) is 30.5 Å². The Balaban J connectivity index is 2.50. The fraction of sp³-hybridized carbons (Fsp3) is 0.273. The normalized spacial score (nSPS) is 15.2. The summed E-state index contributed by atoms with van der Waals surface area (Å²) in [5.41, 5.74) is 3.88. The summed E-state index contributed by atoms with van der Waals surface area (Å²) in [6.45, 7) is 1.94. The molecule has 1 aliphatic carbocycles. The number of benzene rings is 1. The van der Waals surface area contributed by atoms with E-state index >= 15 is 0 Å². The summed E-state index contributed by atoms with van der Waals surface area (Å²) >= 11 is 3.48. The number of hydrogen-bond acceptors (Lipinski definition) is 2. The number of halogens is 1. The Hall–Kier alpha value is -0.810. The minimum absolute atomic E-state index is 0.721. The maximum absolute atomic E-state index is 11.3. The molecule has 0 amide bonds. The van der Waals surface area contributed by atoms with Crippen LogP contribution in [0.1, 0.15) is 18.1 Å². The van der Waals surface area contributed by atoms with Crippen LogP contribution in [-0.2, 0) is 16.4 Å². The van der Waals surface area contributed by atoms with Crippen molar-refractivity contribution in [3.63, 3.8) is 0 Å². The van der Waals surface area contributed by atoms with Gasteiger partial charge >= 0.3 is 0 Å². The first-order chi connectivity index (χ1) is 7.38. The summed E-state index contributed by atoms with van der Waals surface area (Å²) in [5, 5.41) is 0. The Morgan fingerprint density at radius 1 is 1.38 bits per heavy atom. The predicted octanol–water partition coefficient (Wildman–Crippen LogP) is 2.29. The van der Waals surface area contributed by atoms with Gasteiger partial charge in [0.15, 0.2) is 0 Å². The smallest absolute Gasteiger partial charge is 0.229 e. The fourth-order valence-corrected chi connectivity index (χ4v) is 3.04. The van der Waals surface area contributed by atoms with Gasteiger partial charge in [0.05, 0.1) is 12.0 Å². The molecule has 1 aromatic rings. The maximum atomic E-state index is 11.3. The van der Waals surface area contributed by atoms with Crippen LogP contribution in [0.15, 0.2) is 28.2 Å². The Morgan fingerprint density at radius 2 is 2.06 bits per heavy atom. The van der Waals surface area contributed by atoms with Crippen molar-refractivity contribution < 1.29 is 8.42 Å². The molecule has 0 unspecified atom stereocenters. The van der Waals surface area contributed by atoms with Gasteiger partial charge in [0.2, 0.25) is 10.0 Å². The molecule has 3 nitrogen and oxygen atoms in total. The topological polar surface area (TPSA) is 46.2 Å². The molecule has 0 aromatic heterocycles. The zero-order valence-electron chi connectivity index (χ0n) is 9.04. The van der Waals surface area contributed by atoms with Gasteiger partial charge in [-0.1, -0.05) is 28.1 Å². The van der Waals surface area contributed by atoms with Crippen molar-refractivity contribution in [1.82, 2.24) is 4.72 Å². The molecule has 0 atom stereocenters. The zero-order chi connectivity index (χ0) is 11.9. The van der Waals surface area contributed by atoms with Crippen molar-refractivity contribution in [2.75, 3.05) is 6.26 Å². The van der Waals surface area contributed by atoms with Crippen LogP contribution < -0.4 is 4.72 Å². The lowest BCUT2D eigenvalue weighted by atomic mass is 10.1. The van der Waals surface area contributed by atoms with E-state index < -0.39 is 10.0 Å². The Morgan fingerprint density at radius 3 is 2.69 bits per heavy atom. The predicted molar refractivity (Wildman–Crippen MR) is 68.4 cm³/mol. The number of allylic oxidation sites excluding steroid dienone is 1. The Bertz CT molecular complexity index is 576. The van der Waals surface area contributed by atoms with Gasteiger partial charge in [0.25, 0.3) is 0 Å². The first-order valence-electron chi connectivity index (χ1n) is 4.84. The lowest BCUT2D eigenvalue weighted by Gasteiger charge is -2.08. The quantitative estimate of drug-likeness (QED) is 0.911. The SMILES string of the molecule is CC1=C(NS(C)(=O)=O)c2cccc(Br)c2C1. The standard InChI is InChI=1S/C11H12BrNO2S/c1-7-6-9-8(4-3-5-10(9)12)11(7)13-16(2,14)15/h3-5,13H,6H2,1-2H3. The second kappa shape index (κ2) is 3.89. The zero-order valence-corrected chi connectivity index (χ0v) is 11.4. The first-order valence-corrected chi connectivity index (χ1v) is 7.52. The molecule has 0 saturated carbocycles. The summed E-state index contributed by atoms with van der Waals surface area (Å²) in [4.78, 5) is 0. The third kappa shape index (κ3) is 2.15. The minimum atomic E-state index is -3.22. The van der Waals surface area contributed by atoms with Crippen LogP contribution in [0, 0.1) is 0 Å². The molecule has 1 aliphatic rings. The third-order valence-corrected chi connectivity index (χ3v) is 3.86. The lowest BCUT2D eigenvalue weighted by molar-refractivity contribution is 0.597. The molecule has 16 heavy (non-hydrogen) atoms. The van der Waals surface area contributed by atoms with Crippen molar-refractivity contribution in [3.05, 3.63) is 39.4 Å². The highest BCUT2D eigenvalue weighted by Crippen LogP contribution is 2.35. The van der Waals surface area contributed by atoms with Gasteiger partial charge in [-0.3, -0.25) is 4.72 Å². The molecule has 0 spiro atoms. The van der Waals surface area contributed by atoms with Crippen LogP contribution in [-0.4, -0.2) is 14.7 Å². The maximum Gasteiger partial charge on any atom is 0.229 e. The summed E-state index contributed by atoms with van der Waals surface area (Å²) in [6, 6.07) is 5.81. The van der Waals surface area contributed by atoms with E-state index in [1.807, 2.05) is 25.1 Å². The van der Waals surface area contributed by atoms with Crippen molar-refractivity contribution in [2.24, 2.45) is 0 Å². The molecule has 0 fully saturated rings.